The van der Waals surface area contributed by atoms with Crippen LogP contribution in [0.4, 0.5) is 0 Å². The maximum Gasteiger partial charge on any atom is 0.271 e. The van der Waals surface area contributed by atoms with Crippen molar-refractivity contribution in [2.24, 2.45) is 0 Å². The number of aromatic nitrogens is 1. The van der Waals surface area contributed by atoms with E-state index >= 15 is 0 Å². The second kappa shape index (κ2) is 13.9. The topological polar surface area (TPSA) is 63.7 Å². The number of amides is 1. The van der Waals surface area contributed by atoms with Gasteiger partial charge in [0.1, 0.15) is 10.7 Å². The van der Waals surface area contributed by atoms with Gasteiger partial charge in [-0.1, -0.05) is 90.5 Å². The molecule has 6 rings (SSSR count). The fourth-order valence-corrected chi connectivity index (χ4v) is 6.21. The van der Waals surface area contributed by atoms with Gasteiger partial charge >= 0.3 is 0 Å². The maximum absolute atomic E-state index is 13.0. The molecule has 2 heterocycles. The summed E-state index contributed by atoms with van der Waals surface area (Å²) in [5, 5.41) is 6.44. The molecule has 0 atom stereocenters. The summed E-state index contributed by atoms with van der Waals surface area (Å²) in [6.07, 6.45) is 0.940. The zero-order chi connectivity index (χ0) is 29.4. The number of ether oxygens (including phenoxy) is 2. The van der Waals surface area contributed by atoms with Crippen LogP contribution in [0.3, 0.4) is 0 Å². The second-order valence-electron chi connectivity index (χ2n) is 10.5. The number of carbonyl (C=O) groups is 1. The molecule has 6 nitrogen and oxygen atoms in total. The Morgan fingerprint density at radius 3 is 2.26 bits per heavy atom. The first kappa shape index (κ1) is 28.9. The molecule has 0 fully saturated rings. The summed E-state index contributed by atoms with van der Waals surface area (Å²) in [5.41, 5.74) is 5.15. The molecule has 1 aliphatic heterocycles. The lowest BCUT2D eigenvalue weighted by atomic mass is 9.88. The van der Waals surface area contributed by atoms with Crippen molar-refractivity contribution in [3.63, 3.8) is 0 Å². The van der Waals surface area contributed by atoms with Crippen LogP contribution in [0.15, 0.2) is 109 Å². The van der Waals surface area contributed by atoms with Crippen molar-refractivity contribution in [3.8, 4) is 11.5 Å². The SMILES string of the molecule is O=C(NCc1ccc2c(c1)OCO2)c1csc(CN(CCC(c2ccccc2)c2ccccc2)Cc2ccc(Cl)cc2)n1. The molecule has 4 aromatic carbocycles. The number of fused-ring (bicyclic) bond motifs is 1. The van der Waals surface area contributed by atoms with Gasteiger partial charge < -0.3 is 14.8 Å². The normalized spacial score (nSPS) is 12.2. The van der Waals surface area contributed by atoms with Crippen molar-refractivity contribution in [2.75, 3.05) is 13.3 Å². The summed E-state index contributed by atoms with van der Waals surface area (Å²) in [7, 11) is 0. The Morgan fingerprint density at radius 2 is 1.53 bits per heavy atom. The van der Waals surface area contributed by atoms with Crippen LogP contribution in [-0.4, -0.2) is 29.1 Å². The number of hydrogen-bond acceptors (Lipinski definition) is 6. The molecule has 43 heavy (non-hydrogen) atoms. The molecular weight excluding hydrogens is 578 g/mol. The molecule has 0 radical (unpaired) electrons. The van der Waals surface area contributed by atoms with Crippen LogP contribution in [0.1, 0.15) is 50.1 Å². The Balaban J connectivity index is 1.14. The van der Waals surface area contributed by atoms with Gasteiger partial charge in [0, 0.05) is 29.4 Å². The number of benzene rings is 4. The van der Waals surface area contributed by atoms with Gasteiger partial charge in [-0.3, -0.25) is 9.69 Å². The van der Waals surface area contributed by atoms with E-state index in [1.165, 1.54) is 28.0 Å². The van der Waals surface area contributed by atoms with Crippen molar-refractivity contribution in [2.45, 2.75) is 32.0 Å². The molecule has 0 spiro atoms. The van der Waals surface area contributed by atoms with Crippen molar-refractivity contribution in [3.05, 3.63) is 146 Å². The van der Waals surface area contributed by atoms with Crippen LogP contribution >= 0.6 is 22.9 Å². The van der Waals surface area contributed by atoms with Crippen LogP contribution in [0.2, 0.25) is 5.02 Å². The predicted molar refractivity (Wildman–Crippen MR) is 171 cm³/mol. The van der Waals surface area contributed by atoms with Gasteiger partial charge in [0.15, 0.2) is 11.5 Å². The molecule has 1 amide bonds. The number of nitrogens with zero attached hydrogens (tertiary/aromatic N) is 2. The van der Waals surface area contributed by atoms with E-state index in [2.05, 4.69) is 83.0 Å². The van der Waals surface area contributed by atoms with Crippen molar-refractivity contribution >= 4 is 28.8 Å². The van der Waals surface area contributed by atoms with Crippen LogP contribution in [0, 0.1) is 0 Å². The quantitative estimate of drug-likeness (QED) is 0.157. The molecular formula is C35H32ClN3O3S. The first-order chi connectivity index (χ1) is 21.1. The van der Waals surface area contributed by atoms with E-state index in [-0.39, 0.29) is 18.6 Å². The highest BCUT2D eigenvalue weighted by Gasteiger charge is 2.19. The summed E-state index contributed by atoms with van der Waals surface area (Å²) in [4.78, 5) is 20.1. The molecule has 0 unspecified atom stereocenters. The molecule has 8 heteroatoms. The van der Waals surface area contributed by atoms with Crippen LogP contribution < -0.4 is 14.8 Å². The molecule has 0 saturated heterocycles. The van der Waals surface area contributed by atoms with E-state index in [1.807, 2.05) is 35.7 Å². The molecule has 1 aliphatic rings. The number of halogens is 1. The highest BCUT2D eigenvalue weighted by molar-refractivity contribution is 7.09. The minimum atomic E-state index is -0.197. The Kier molecular flexibility index (Phi) is 9.33. The lowest BCUT2D eigenvalue weighted by molar-refractivity contribution is 0.0946. The monoisotopic (exact) mass is 609 g/mol. The van der Waals surface area contributed by atoms with Crippen molar-refractivity contribution in [1.29, 1.82) is 0 Å². The average molecular weight is 610 g/mol. The van der Waals surface area contributed by atoms with Gasteiger partial charge in [-0.15, -0.1) is 11.3 Å². The highest BCUT2D eigenvalue weighted by atomic mass is 35.5. The average Bonchev–Trinajstić information content (AvgIpc) is 3.72. The summed E-state index contributed by atoms with van der Waals surface area (Å²) in [6, 6.07) is 35.0. The third kappa shape index (κ3) is 7.62. The molecule has 1 N–H and O–H groups in total. The Labute approximate surface area is 260 Å². The zero-order valence-electron chi connectivity index (χ0n) is 23.6. The lowest BCUT2D eigenvalue weighted by Crippen LogP contribution is -2.26. The molecule has 0 aliphatic carbocycles. The number of rotatable bonds is 12. The van der Waals surface area contributed by atoms with Crippen molar-refractivity contribution in [1.82, 2.24) is 15.2 Å². The third-order valence-electron chi connectivity index (χ3n) is 7.49. The van der Waals surface area contributed by atoms with Gasteiger partial charge in [-0.05, 0) is 59.5 Å². The summed E-state index contributed by atoms with van der Waals surface area (Å²) >= 11 is 7.68. The van der Waals surface area contributed by atoms with Crippen LogP contribution in [0.5, 0.6) is 11.5 Å². The fourth-order valence-electron chi connectivity index (χ4n) is 5.27. The van der Waals surface area contributed by atoms with Gasteiger partial charge in [0.2, 0.25) is 6.79 Å². The van der Waals surface area contributed by atoms with E-state index in [1.54, 1.807) is 0 Å². The largest absolute Gasteiger partial charge is 0.454 e. The molecule has 1 aromatic heterocycles. The summed E-state index contributed by atoms with van der Waals surface area (Å²) in [6.45, 7) is 2.84. The Hall–Kier alpha value is -4.17. The van der Waals surface area contributed by atoms with E-state index in [0.29, 0.717) is 24.5 Å². The van der Waals surface area contributed by atoms with Gasteiger partial charge in [-0.25, -0.2) is 4.98 Å². The van der Waals surface area contributed by atoms with Crippen molar-refractivity contribution < 1.29 is 14.3 Å². The molecule has 218 valence electrons. The molecule has 0 saturated carbocycles. The standard InChI is InChI=1S/C35H32ClN3O3S/c36-29-14-11-25(12-15-29)21-39(18-17-30(27-7-3-1-4-8-27)28-9-5-2-6-10-28)22-34-38-31(23-43-34)35(40)37-20-26-13-16-32-33(19-26)42-24-41-32/h1-16,19,23,30H,17-18,20-22,24H2,(H,37,40). The van der Waals surface area contributed by atoms with Crippen LogP contribution in [0.25, 0.3) is 0 Å². The van der Waals surface area contributed by atoms with E-state index in [0.717, 1.165) is 40.9 Å². The second-order valence-corrected chi connectivity index (χ2v) is 11.9. The highest BCUT2D eigenvalue weighted by Crippen LogP contribution is 2.32. The minimum Gasteiger partial charge on any atom is -0.454 e. The first-order valence-corrected chi connectivity index (χ1v) is 15.5. The third-order valence-corrected chi connectivity index (χ3v) is 8.58. The van der Waals surface area contributed by atoms with Gasteiger partial charge in [-0.2, -0.15) is 0 Å². The maximum atomic E-state index is 13.0. The van der Waals surface area contributed by atoms with Gasteiger partial charge in [0.05, 0.1) is 6.54 Å². The number of nitrogens with one attached hydrogen (secondary N) is 1. The van der Waals surface area contributed by atoms with E-state index in [9.17, 15) is 4.79 Å². The first-order valence-electron chi connectivity index (χ1n) is 14.3. The zero-order valence-corrected chi connectivity index (χ0v) is 25.2. The van der Waals surface area contributed by atoms with E-state index in [4.69, 9.17) is 26.1 Å². The minimum absolute atomic E-state index is 0.197. The number of thiazole rings is 1. The number of hydrogen-bond donors (Lipinski definition) is 1. The Morgan fingerprint density at radius 1 is 0.860 bits per heavy atom. The summed E-state index contributed by atoms with van der Waals surface area (Å²) in [5.74, 6) is 1.49. The van der Waals surface area contributed by atoms with E-state index < -0.39 is 0 Å². The van der Waals surface area contributed by atoms with Crippen LogP contribution in [-0.2, 0) is 19.6 Å². The lowest BCUT2D eigenvalue weighted by Gasteiger charge is -2.25. The predicted octanol–water partition coefficient (Wildman–Crippen LogP) is 7.68. The fraction of sp³-hybridized carbons (Fsp3) is 0.200. The van der Waals surface area contributed by atoms with Gasteiger partial charge in [0.25, 0.3) is 5.91 Å². The molecule has 0 bridgehead atoms. The summed E-state index contributed by atoms with van der Waals surface area (Å²) < 4.78 is 10.8. The Bertz CT molecular complexity index is 1610. The smallest absolute Gasteiger partial charge is 0.271 e. The number of carbonyl (C=O) groups excluding carboxylic acids is 1. The molecule has 5 aromatic rings.